The van der Waals surface area contributed by atoms with Gasteiger partial charge in [0.15, 0.2) is 0 Å². The number of amides is 3. The number of Topliss-reactive ketones (excluding diaryl/α,β-unsaturated/α-hetero) is 2. The Labute approximate surface area is 325 Å². The summed E-state index contributed by atoms with van der Waals surface area (Å²) in [5, 5.41) is 53.9. The van der Waals surface area contributed by atoms with Crippen LogP contribution in [-0.4, -0.2) is 196 Å². The number of aliphatic carboxylic acids is 5. The number of carbonyl (C=O) groups excluding carboxylic acids is 4. The zero-order valence-electron chi connectivity index (χ0n) is 32.1. The first-order valence-corrected chi connectivity index (χ1v) is 18.8. The van der Waals surface area contributed by atoms with Gasteiger partial charge in [-0.1, -0.05) is 6.42 Å². The molecule has 8 N–H and O–H groups in total. The Morgan fingerprint density at radius 3 is 1.32 bits per heavy atom. The van der Waals surface area contributed by atoms with Crippen LogP contribution in [0.4, 0.5) is 4.79 Å². The van der Waals surface area contributed by atoms with Gasteiger partial charge >= 0.3 is 35.9 Å². The second-order valence-electron chi connectivity index (χ2n) is 13.9. The van der Waals surface area contributed by atoms with E-state index in [0.29, 0.717) is 58.3 Å². The lowest BCUT2D eigenvalue weighted by molar-refractivity contribution is -0.140. The summed E-state index contributed by atoms with van der Waals surface area (Å²) in [6.07, 6.45) is 2.74. The average Bonchev–Trinajstić information content (AvgIpc) is 3.09. The van der Waals surface area contributed by atoms with Crippen molar-refractivity contribution in [3.63, 3.8) is 0 Å². The van der Waals surface area contributed by atoms with E-state index < -0.39 is 48.0 Å². The Morgan fingerprint density at radius 2 is 0.911 bits per heavy atom. The van der Waals surface area contributed by atoms with Crippen LogP contribution >= 0.6 is 0 Å². The Balaban J connectivity index is 2.48. The van der Waals surface area contributed by atoms with Crippen LogP contribution in [0.3, 0.4) is 0 Å². The predicted octanol–water partition coefficient (Wildman–Crippen LogP) is -1.16. The highest BCUT2D eigenvalue weighted by Gasteiger charge is 2.25. The lowest BCUT2D eigenvalue weighted by Crippen LogP contribution is -2.51. The molecular formula is C35H59N7O14. The molecule has 1 aliphatic heterocycles. The lowest BCUT2D eigenvalue weighted by Gasteiger charge is -2.32. The van der Waals surface area contributed by atoms with Gasteiger partial charge in [-0.05, 0) is 45.4 Å². The van der Waals surface area contributed by atoms with Crippen molar-refractivity contribution < 1.29 is 68.7 Å². The third kappa shape index (κ3) is 24.6. The zero-order chi connectivity index (χ0) is 42.0. The molecule has 0 bridgehead atoms. The van der Waals surface area contributed by atoms with Gasteiger partial charge in [-0.25, -0.2) is 14.4 Å². The number of unbranched alkanes of at least 4 members (excludes halogenated alkanes) is 3. The van der Waals surface area contributed by atoms with Gasteiger partial charge in [0.1, 0.15) is 23.7 Å². The normalized spacial score (nSPS) is 16.3. The Kier molecular flexibility index (Phi) is 24.5. The van der Waals surface area contributed by atoms with Gasteiger partial charge in [-0.3, -0.25) is 43.6 Å². The van der Waals surface area contributed by atoms with Gasteiger partial charge in [-0.15, -0.1) is 0 Å². The second kappa shape index (κ2) is 27.8. The number of ketones is 2. The number of nitrogens with zero attached hydrogens (tertiary/aromatic N) is 4. The molecule has 1 fully saturated rings. The molecule has 1 saturated heterocycles. The molecule has 21 heteroatoms. The molecule has 0 aromatic heterocycles. The summed E-state index contributed by atoms with van der Waals surface area (Å²) in [7, 11) is 0. The average molecular weight is 802 g/mol. The molecule has 0 saturated carbocycles. The van der Waals surface area contributed by atoms with Crippen LogP contribution in [0.1, 0.15) is 71.1 Å². The van der Waals surface area contributed by atoms with Crippen molar-refractivity contribution in [3.8, 4) is 0 Å². The fraction of sp³-hybridized carbons (Fsp3) is 0.743. The molecule has 1 heterocycles. The number of nitrogens with one attached hydrogen (secondary N) is 3. The molecule has 2 unspecified atom stereocenters. The molecule has 0 radical (unpaired) electrons. The van der Waals surface area contributed by atoms with Crippen LogP contribution in [-0.2, 0) is 38.4 Å². The van der Waals surface area contributed by atoms with E-state index in [1.54, 1.807) is 14.7 Å². The van der Waals surface area contributed by atoms with E-state index in [9.17, 15) is 68.7 Å². The fourth-order valence-corrected chi connectivity index (χ4v) is 5.91. The maximum Gasteiger partial charge on any atom is 0.326 e. The predicted molar refractivity (Wildman–Crippen MR) is 198 cm³/mol. The van der Waals surface area contributed by atoms with E-state index in [-0.39, 0.29) is 108 Å². The number of rotatable bonds is 26. The number of hydrogen-bond acceptors (Lipinski definition) is 13. The van der Waals surface area contributed by atoms with Crippen molar-refractivity contribution >= 4 is 53.4 Å². The number of carboxylic acid groups (broad SMARTS) is 5. The highest BCUT2D eigenvalue weighted by molar-refractivity contribution is 5.86. The molecule has 0 spiro atoms. The Bertz CT molecular complexity index is 1300. The first-order valence-electron chi connectivity index (χ1n) is 18.8. The van der Waals surface area contributed by atoms with Crippen LogP contribution in [0.2, 0.25) is 0 Å². The van der Waals surface area contributed by atoms with Gasteiger partial charge in [0.05, 0.1) is 26.2 Å². The molecule has 318 valence electrons. The summed E-state index contributed by atoms with van der Waals surface area (Å²) in [5.74, 6) is -6.30. The minimum absolute atomic E-state index is 0.0315. The first-order chi connectivity index (χ1) is 26.4. The summed E-state index contributed by atoms with van der Waals surface area (Å²) in [4.78, 5) is 113. The molecule has 1 aliphatic rings. The van der Waals surface area contributed by atoms with Crippen molar-refractivity contribution in [2.75, 3.05) is 85.1 Å². The molecule has 2 atom stereocenters. The fourth-order valence-electron chi connectivity index (χ4n) is 5.91. The standard InChI is InChI=1S/C35H59N7O14/c1-25(43)10-11-28(34(54)55)38-35(56)37-27(33(52)53)8-5-6-12-36-29(45)9-4-2-3-7-26(44)21-39-13-15-40(22-30(46)47)17-19-42(24-32(50)51)20-18-41(16-14-39)23-31(48)49/h27-28H,2-24H2,1H3,(H,36,45)(H,46,47)(H,48,49)(H,50,51)(H,52,53)(H,54,55)(H2,37,38,56). The second-order valence-corrected chi connectivity index (χ2v) is 13.9. The van der Waals surface area contributed by atoms with Crippen LogP contribution in [0.15, 0.2) is 0 Å². The number of hydrogen-bond donors (Lipinski definition) is 8. The van der Waals surface area contributed by atoms with Crippen molar-refractivity contribution in [1.29, 1.82) is 0 Å². The molecule has 0 aliphatic carbocycles. The topological polar surface area (TPSA) is 304 Å². The number of urea groups is 1. The number of carboxylic acids is 5. The minimum Gasteiger partial charge on any atom is -0.480 e. The lowest BCUT2D eigenvalue weighted by atomic mass is 10.1. The summed E-state index contributed by atoms with van der Waals surface area (Å²) >= 11 is 0. The van der Waals surface area contributed by atoms with Crippen LogP contribution in [0.25, 0.3) is 0 Å². The number of carbonyl (C=O) groups is 9. The van der Waals surface area contributed by atoms with E-state index in [4.69, 9.17) is 0 Å². The summed E-state index contributed by atoms with van der Waals surface area (Å²) in [6.45, 7) is 3.27. The van der Waals surface area contributed by atoms with Crippen molar-refractivity contribution in [2.45, 2.75) is 83.2 Å². The van der Waals surface area contributed by atoms with E-state index in [1.807, 2.05) is 4.90 Å². The van der Waals surface area contributed by atoms with E-state index in [1.165, 1.54) is 6.92 Å². The van der Waals surface area contributed by atoms with Crippen molar-refractivity contribution in [2.24, 2.45) is 0 Å². The Hall–Kier alpha value is -4.73. The van der Waals surface area contributed by atoms with Crippen LogP contribution < -0.4 is 16.0 Å². The minimum atomic E-state index is -1.36. The molecule has 0 aromatic carbocycles. The van der Waals surface area contributed by atoms with E-state index in [2.05, 4.69) is 16.0 Å². The maximum atomic E-state index is 12.9. The molecule has 21 nitrogen and oxygen atoms in total. The molecule has 3 amide bonds. The van der Waals surface area contributed by atoms with Gasteiger partial charge in [0.2, 0.25) is 5.91 Å². The highest BCUT2D eigenvalue weighted by Crippen LogP contribution is 2.08. The molecular weight excluding hydrogens is 742 g/mol. The molecule has 56 heavy (non-hydrogen) atoms. The highest BCUT2D eigenvalue weighted by atomic mass is 16.4. The first kappa shape index (κ1) is 49.3. The summed E-state index contributed by atoms with van der Waals surface area (Å²) in [6, 6.07) is -3.63. The van der Waals surface area contributed by atoms with Crippen LogP contribution in [0, 0.1) is 0 Å². The molecule has 0 aromatic rings. The Morgan fingerprint density at radius 1 is 0.500 bits per heavy atom. The van der Waals surface area contributed by atoms with Gasteiger partial charge < -0.3 is 46.3 Å². The summed E-state index contributed by atoms with van der Waals surface area (Å²) < 4.78 is 0. The van der Waals surface area contributed by atoms with Gasteiger partial charge in [-0.2, -0.15) is 0 Å². The smallest absolute Gasteiger partial charge is 0.326 e. The third-order valence-electron chi connectivity index (χ3n) is 9.00. The SMILES string of the molecule is CC(=O)CCC(NC(=O)NC(CCCCNC(=O)CCCCCC(=O)CN1CCN(CC(=O)O)CCN(CC(=O)O)CCN(CC(=O)O)CC1)C(=O)O)C(=O)O. The molecule has 1 rings (SSSR count). The van der Waals surface area contributed by atoms with E-state index >= 15 is 0 Å². The maximum absolute atomic E-state index is 12.9. The summed E-state index contributed by atoms with van der Waals surface area (Å²) in [5.41, 5.74) is 0. The quantitative estimate of drug-likeness (QED) is 0.0479. The van der Waals surface area contributed by atoms with Gasteiger partial charge in [0.25, 0.3) is 0 Å². The van der Waals surface area contributed by atoms with Crippen molar-refractivity contribution in [3.05, 3.63) is 0 Å². The largest absolute Gasteiger partial charge is 0.480 e. The van der Waals surface area contributed by atoms with Crippen molar-refractivity contribution in [1.82, 2.24) is 35.6 Å². The monoisotopic (exact) mass is 801 g/mol. The zero-order valence-corrected chi connectivity index (χ0v) is 32.1. The van der Waals surface area contributed by atoms with E-state index in [0.717, 1.165) is 0 Å². The third-order valence-corrected chi connectivity index (χ3v) is 9.00. The van der Waals surface area contributed by atoms with Gasteiger partial charge in [0, 0.05) is 78.2 Å². The van der Waals surface area contributed by atoms with Crippen LogP contribution in [0.5, 0.6) is 0 Å².